The smallest absolute Gasteiger partial charge is 0.224 e. The lowest BCUT2D eigenvalue weighted by molar-refractivity contribution is -0.124. The first kappa shape index (κ1) is 15.5. The summed E-state index contributed by atoms with van der Waals surface area (Å²) < 4.78 is 5.34. The summed E-state index contributed by atoms with van der Waals surface area (Å²) in [4.78, 5) is 11.7. The van der Waals surface area contributed by atoms with E-state index in [1.807, 2.05) is 19.1 Å². The summed E-state index contributed by atoms with van der Waals surface area (Å²) in [5.74, 6) is 1.11. The molecule has 0 radical (unpaired) electrons. The molecular weight excluding hydrogens is 240 g/mol. The van der Waals surface area contributed by atoms with Gasteiger partial charge in [0.2, 0.25) is 5.91 Å². The Labute approximate surface area is 115 Å². The van der Waals surface area contributed by atoms with Crippen LogP contribution in [0.25, 0.3) is 0 Å². The number of ether oxygens (including phenoxy) is 1. The van der Waals surface area contributed by atoms with Crippen molar-refractivity contribution >= 4 is 5.91 Å². The van der Waals surface area contributed by atoms with E-state index in [0.29, 0.717) is 19.0 Å². The van der Waals surface area contributed by atoms with E-state index in [1.54, 1.807) is 7.11 Å². The van der Waals surface area contributed by atoms with Crippen molar-refractivity contribution in [1.82, 2.24) is 5.32 Å². The number of hydrogen-bond acceptors (Lipinski definition) is 3. The monoisotopic (exact) mass is 264 g/mol. The Balaban J connectivity index is 2.75. The normalized spacial score (nSPS) is 12.3. The molecule has 106 valence electrons. The van der Waals surface area contributed by atoms with Crippen LogP contribution in [0.2, 0.25) is 0 Å². The fraction of sp³-hybridized carbons (Fsp3) is 0.533. The maximum atomic E-state index is 11.7. The van der Waals surface area contributed by atoms with Gasteiger partial charge < -0.3 is 15.8 Å². The molecule has 1 rings (SSSR count). The van der Waals surface area contributed by atoms with Crippen LogP contribution in [-0.4, -0.2) is 19.6 Å². The zero-order chi connectivity index (χ0) is 14.4. The van der Waals surface area contributed by atoms with Crippen LogP contribution in [0, 0.1) is 5.92 Å². The molecule has 0 fully saturated rings. The standard InChI is InChI=1S/C15H24N2O2/c1-10(2)13-7-12(5-6-14(13)19-4)9-17-15(18)11(3)8-16/h5-7,10-11H,8-9,16H2,1-4H3,(H,17,18). The first-order valence-electron chi connectivity index (χ1n) is 6.64. The van der Waals surface area contributed by atoms with Crippen molar-refractivity contribution in [3.63, 3.8) is 0 Å². The van der Waals surface area contributed by atoms with Gasteiger partial charge in [0.25, 0.3) is 0 Å². The Morgan fingerprint density at radius 3 is 2.58 bits per heavy atom. The summed E-state index contributed by atoms with van der Waals surface area (Å²) in [6, 6.07) is 6.00. The molecule has 1 amide bonds. The third kappa shape index (κ3) is 4.24. The van der Waals surface area contributed by atoms with Gasteiger partial charge in [0, 0.05) is 19.0 Å². The van der Waals surface area contributed by atoms with Crippen molar-refractivity contribution in [3.8, 4) is 5.75 Å². The lowest BCUT2D eigenvalue weighted by Gasteiger charge is -2.15. The van der Waals surface area contributed by atoms with Gasteiger partial charge in [-0.25, -0.2) is 0 Å². The van der Waals surface area contributed by atoms with Crippen LogP contribution >= 0.6 is 0 Å². The molecule has 4 nitrogen and oxygen atoms in total. The quantitative estimate of drug-likeness (QED) is 0.826. The zero-order valence-electron chi connectivity index (χ0n) is 12.2. The van der Waals surface area contributed by atoms with E-state index in [4.69, 9.17) is 10.5 Å². The molecule has 1 aromatic carbocycles. The molecular formula is C15H24N2O2. The highest BCUT2D eigenvalue weighted by molar-refractivity contribution is 5.78. The summed E-state index contributed by atoms with van der Waals surface area (Å²) in [6.45, 7) is 6.95. The summed E-state index contributed by atoms with van der Waals surface area (Å²) in [5.41, 5.74) is 7.69. The molecule has 1 atom stereocenters. The van der Waals surface area contributed by atoms with Gasteiger partial charge in [-0.3, -0.25) is 4.79 Å². The van der Waals surface area contributed by atoms with Gasteiger partial charge in [-0.2, -0.15) is 0 Å². The zero-order valence-corrected chi connectivity index (χ0v) is 12.2. The van der Waals surface area contributed by atoms with Gasteiger partial charge in [-0.1, -0.05) is 32.9 Å². The Bertz CT molecular complexity index is 430. The van der Waals surface area contributed by atoms with Crippen LogP contribution in [0.3, 0.4) is 0 Å². The van der Waals surface area contributed by atoms with E-state index in [9.17, 15) is 4.79 Å². The van der Waals surface area contributed by atoms with Crippen molar-refractivity contribution in [2.24, 2.45) is 11.7 Å². The van der Waals surface area contributed by atoms with Gasteiger partial charge in [0.05, 0.1) is 7.11 Å². The second-order valence-electron chi connectivity index (χ2n) is 5.09. The first-order valence-corrected chi connectivity index (χ1v) is 6.64. The van der Waals surface area contributed by atoms with E-state index in [1.165, 1.54) is 0 Å². The Kier molecular flexibility index (Phi) is 5.83. The van der Waals surface area contributed by atoms with Gasteiger partial charge in [-0.15, -0.1) is 0 Å². The highest BCUT2D eigenvalue weighted by atomic mass is 16.5. The van der Waals surface area contributed by atoms with E-state index >= 15 is 0 Å². The molecule has 0 aliphatic heterocycles. The van der Waals surface area contributed by atoms with Crippen molar-refractivity contribution in [2.45, 2.75) is 33.2 Å². The third-order valence-electron chi connectivity index (χ3n) is 3.18. The number of nitrogens with two attached hydrogens (primary N) is 1. The topological polar surface area (TPSA) is 64.3 Å². The number of rotatable bonds is 6. The predicted molar refractivity (Wildman–Crippen MR) is 77.1 cm³/mol. The molecule has 0 spiro atoms. The number of carbonyl (C=O) groups is 1. The molecule has 0 bridgehead atoms. The highest BCUT2D eigenvalue weighted by Gasteiger charge is 2.11. The number of amides is 1. The maximum Gasteiger partial charge on any atom is 0.224 e. The van der Waals surface area contributed by atoms with Crippen molar-refractivity contribution in [2.75, 3.05) is 13.7 Å². The van der Waals surface area contributed by atoms with Crippen LogP contribution in [-0.2, 0) is 11.3 Å². The molecule has 0 aromatic heterocycles. The third-order valence-corrected chi connectivity index (χ3v) is 3.18. The van der Waals surface area contributed by atoms with Crippen LogP contribution < -0.4 is 15.8 Å². The van der Waals surface area contributed by atoms with E-state index in [2.05, 4.69) is 25.2 Å². The first-order chi connectivity index (χ1) is 8.99. The van der Waals surface area contributed by atoms with Crippen LogP contribution in [0.4, 0.5) is 0 Å². The molecule has 0 heterocycles. The van der Waals surface area contributed by atoms with Gasteiger partial charge in [-0.05, 0) is 23.1 Å². The predicted octanol–water partition coefficient (Wildman–Crippen LogP) is 2.03. The minimum absolute atomic E-state index is 0.00980. The largest absolute Gasteiger partial charge is 0.496 e. The fourth-order valence-electron chi connectivity index (χ4n) is 1.82. The average Bonchev–Trinajstić information content (AvgIpc) is 2.43. The van der Waals surface area contributed by atoms with Gasteiger partial charge in [0.1, 0.15) is 5.75 Å². The molecule has 0 saturated heterocycles. The van der Waals surface area contributed by atoms with E-state index < -0.39 is 0 Å². The van der Waals surface area contributed by atoms with Crippen LogP contribution in [0.5, 0.6) is 5.75 Å². The van der Waals surface area contributed by atoms with Crippen molar-refractivity contribution in [3.05, 3.63) is 29.3 Å². The summed E-state index contributed by atoms with van der Waals surface area (Å²) in [5, 5.41) is 2.89. The average molecular weight is 264 g/mol. The number of hydrogen-bond donors (Lipinski definition) is 2. The summed E-state index contributed by atoms with van der Waals surface area (Å²) in [7, 11) is 1.67. The van der Waals surface area contributed by atoms with Crippen LogP contribution in [0.15, 0.2) is 18.2 Å². The second-order valence-corrected chi connectivity index (χ2v) is 5.09. The Hall–Kier alpha value is -1.55. The molecule has 0 saturated carbocycles. The summed E-state index contributed by atoms with van der Waals surface area (Å²) >= 11 is 0. The van der Waals surface area contributed by atoms with Gasteiger partial charge >= 0.3 is 0 Å². The lowest BCUT2D eigenvalue weighted by Crippen LogP contribution is -2.32. The minimum Gasteiger partial charge on any atom is -0.496 e. The van der Waals surface area contributed by atoms with E-state index in [0.717, 1.165) is 16.9 Å². The Morgan fingerprint density at radius 2 is 2.05 bits per heavy atom. The second kappa shape index (κ2) is 7.14. The summed E-state index contributed by atoms with van der Waals surface area (Å²) in [6.07, 6.45) is 0. The minimum atomic E-state index is -0.150. The number of carbonyl (C=O) groups excluding carboxylic acids is 1. The SMILES string of the molecule is COc1ccc(CNC(=O)C(C)CN)cc1C(C)C. The number of nitrogens with one attached hydrogen (secondary N) is 1. The molecule has 3 N–H and O–H groups in total. The van der Waals surface area contributed by atoms with E-state index in [-0.39, 0.29) is 11.8 Å². The molecule has 4 heteroatoms. The molecule has 0 aliphatic carbocycles. The molecule has 0 aliphatic rings. The maximum absolute atomic E-state index is 11.7. The number of methoxy groups -OCH3 is 1. The van der Waals surface area contributed by atoms with Crippen molar-refractivity contribution in [1.29, 1.82) is 0 Å². The highest BCUT2D eigenvalue weighted by Crippen LogP contribution is 2.27. The van der Waals surface area contributed by atoms with Crippen molar-refractivity contribution < 1.29 is 9.53 Å². The Morgan fingerprint density at radius 1 is 1.37 bits per heavy atom. The van der Waals surface area contributed by atoms with Gasteiger partial charge in [0.15, 0.2) is 0 Å². The fourth-order valence-corrected chi connectivity index (χ4v) is 1.82. The van der Waals surface area contributed by atoms with Crippen LogP contribution in [0.1, 0.15) is 37.8 Å². The number of benzene rings is 1. The lowest BCUT2D eigenvalue weighted by atomic mass is 9.99. The molecule has 1 aromatic rings. The molecule has 1 unspecified atom stereocenters. The molecule has 19 heavy (non-hydrogen) atoms.